The number of alkyl halides is 2. The highest BCUT2D eigenvalue weighted by Gasteiger charge is 2.21. The molecule has 0 bridgehead atoms. The monoisotopic (exact) mass is 385 g/mol. The molecule has 144 valence electrons. The summed E-state index contributed by atoms with van der Waals surface area (Å²) in [6.45, 7) is -0.113. The van der Waals surface area contributed by atoms with Crippen LogP contribution in [0.4, 0.5) is 14.6 Å². The Labute approximate surface area is 159 Å². The number of carbonyl (C=O) groups excluding carboxylic acids is 1. The lowest BCUT2D eigenvalue weighted by Gasteiger charge is -2.21. The van der Waals surface area contributed by atoms with Gasteiger partial charge in [0, 0.05) is 18.9 Å². The zero-order valence-corrected chi connectivity index (χ0v) is 14.9. The van der Waals surface area contributed by atoms with Crippen molar-refractivity contribution in [3.63, 3.8) is 0 Å². The van der Waals surface area contributed by atoms with Gasteiger partial charge in [-0.15, -0.1) is 0 Å². The second kappa shape index (κ2) is 7.26. The van der Waals surface area contributed by atoms with Crippen LogP contribution in [0.15, 0.2) is 42.9 Å². The molecule has 3 aromatic heterocycles. The van der Waals surface area contributed by atoms with Gasteiger partial charge in [0.1, 0.15) is 11.6 Å². The summed E-state index contributed by atoms with van der Waals surface area (Å²) in [6, 6.07) is 5.45. The number of pyridine rings is 2. The van der Waals surface area contributed by atoms with Gasteiger partial charge in [0.2, 0.25) is 0 Å². The molecule has 7 nitrogen and oxygen atoms in total. The lowest BCUT2D eigenvalue weighted by atomic mass is 9.95. The number of anilines is 1. The SMILES string of the molecule is COc1ccnc2c1C(c1ccn3ncc(C(=O)NCC(F)F)c3c1)=CCN2. The van der Waals surface area contributed by atoms with Crippen molar-refractivity contribution in [1.29, 1.82) is 0 Å². The van der Waals surface area contributed by atoms with Crippen molar-refractivity contribution >= 4 is 22.8 Å². The molecule has 0 radical (unpaired) electrons. The van der Waals surface area contributed by atoms with Crippen LogP contribution in [0.1, 0.15) is 21.5 Å². The predicted molar refractivity (Wildman–Crippen MR) is 99.9 cm³/mol. The van der Waals surface area contributed by atoms with E-state index in [0.29, 0.717) is 23.6 Å². The van der Waals surface area contributed by atoms with E-state index in [2.05, 4.69) is 20.7 Å². The quantitative estimate of drug-likeness (QED) is 0.706. The average molecular weight is 385 g/mol. The smallest absolute Gasteiger partial charge is 0.255 e. The number of hydrogen-bond donors (Lipinski definition) is 2. The van der Waals surface area contributed by atoms with Crippen LogP contribution in [0, 0.1) is 0 Å². The van der Waals surface area contributed by atoms with Crippen LogP contribution >= 0.6 is 0 Å². The van der Waals surface area contributed by atoms with Crippen molar-refractivity contribution in [1.82, 2.24) is 19.9 Å². The Bertz CT molecular complexity index is 1080. The maximum absolute atomic E-state index is 12.4. The van der Waals surface area contributed by atoms with Crippen molar-refractivity contribution in [2.24, 2.45) is 0 Å². The van der Waals surface area contributed by atoms with Crippen LogP contribution in [-0.4, -0.2) is 47.1 Å². The third-order valence-corrected chi connectivity index (χ3v) is 4.47. The number of carbonyl (C=O) groups is 1. The van der Waals surface area contributed by atoms with Gasteiger partial charge in [-0.1, -0.05) is 6.08 Å². The zero-order valence-electron chi connectivity index (χ0n) is 14.9. The van der Waals surface area contributed by atoms with Gasteiger partial charge in [0.15, 0.2) is 0 Å². The van der Waals surface area contributed by atoms with Crippen LogP contribution in [0.5, 0.6) is 5.75 Å². The maximum atomic E-state index is 12.4. The Balaban J connectivity index is 1.76. The molecule has 2 N–H and O–H groups in total. The van der Waals surface area contributed by atoms with Crippen LogP contribution in [0.2, 0.25) is 0 Å². The third kappa shape index (κ3) is 3.15. The second-order valence-corrected chi connectivity index (χ2v) is 6.14. The van der Waals surface area contributed by atoms with Gasteiger partial charge in [-0.3, -0.25) is 4.79 Å². The molecule has 0 aliphatic carbocycles. The van der Waals surface area contributed by atoms with E-state index in [1.54, 1.807) is 31.6 Å². The molecule has 1 aliphatic heterocycles. The van der Waals surface area contributed by atoms with Crippen LogP contribution < -0.4 is 15.4 Å². The minimum atomic E-state index is -2.61. The summed E-state index contributed by atoms with van der Waals surface area (Å²) in [5.74, 6) is 0.790. The second-order valence-electron chi connectivity index (χ2n) is 6.14. The number of aromatic nitrogens is 3. The Morgan fingerprint density at radius 1 is 1.43 bits per heavy atom. The van der Waals surface area contributed by atoms with Crippen molar-refractivity contribution < 1.29 is 18.3 Å². The first kappa shape index (κ1) is 17.9. The molecule has 3 aromatic rings. The fourth-order valence-electron chi connectivity index (χ4n) is 3.21. The number of fused-ring (bicyclic) bond motifs is 2. The minimum Gasteiger partial charge on any atom is -0.496 e. The first-order valence-electron chi connectivity index (χ1n) is 8.60. The van der Waals surface area contributed by atoms with E-state index in [1.807, 2.05) is 12.1 Å². The Kier molecular flexibility index (Phi) is 4.64. The molecule has 1 aliphatic rings. The molecule has 28 heavy (non-hydrogen) atoms. The van der Waals surface area contributed by atoms with Gasteiger partial charge in [-0.05, 0) is 29.3 Å². The number of methoxy groups -OCH3 is 1. The molecule has 4 heterocycles. The van der Waals surface area contributed by atoms with Gasteiger partial charge < -0.3 is 15.4 Å². The molecule has 1 amide bonds. The Morgan fingerprint density at radius 2 is 2.29 bits per heavy atom. The average Bonchev–Trinajstić information content (AvgIpc) is 3.14. The zero-order chi connectivity index (χ0) is 19.7. The van der Waals surface area contributed by atoms with E-state index >= 15 is 0 Å². The van der Waals surface area contributed by atoms with Crippen LogP contribution in [0.25, 0.3) is 11.1 Å². The summed E-state index contributed by atoms with van der Waals surface area (Å²) in [4.78, 5) is 16.6. The number of halogens is 2. The molecular formula is C19H17F2N5O2. The van der Waals surface area contributed by atoms with Crippen LogP contribution in [-0.2, 0) is 0 Å². The largest absolute Gasteiger partial charge is 0.496 e. The van der Waals surface area contributed by atoms with E-state index in [0.717, 1.165) is 16.7 Å². The number of ether oxygens (including phenoxy) is 1. The minimum absolute atomic E-state index is 0.232. The fourth-order valence-corrected chi connectivity index (χ4v) is 3.21. The maximum Gasteiger partial charge on any atom is 0.255 e. The molecular weight excluding hydrogens is 368 g/mol. The van der Waals surface area contributed by atoms with Gasteiger partial charge in [0.25, 0.3) is 12.3 Å². The Morgan fingerprint density at radius 3 is 3.07 bits per heavy atom. The third-order valence-electron chi connectivity index (χ3n) is 4.47. The molecule has 0 fully saturated rings. The highest BCUT2D eigenvalue weighted by atomic mass is 19.3. The van der Waals surface area contributed by atoms with Crippen molar-refractivity contribution in [3.05, 3.63) is 59.6 Å². The first-order valence-corrected chi connectivity index (χ1v) is 8.60. The van der Waals surface area contributed by atoms with Gasteiger partial charge in [0.05, 0.1) is 36.5 Å². The highest BCUT2D eigenvalue weighted by molar-refractivity contribution is 6.01. The van der Waals surface area contributed by atoms with Crippen molar-refractivity contribution in [2.45, 2.75) is 6.43 Å². The number of hydrogen-bond acceptors (Lipinski definition) is 5. The molecule has 0 saturated heterocycles. The topological polar surface area (TPSA) is 80.5 Å². The molecule has 9 heteroatoms. The van der Waals surface area contributed by atoms with E-state index < -0.39 is 18.9 Å². The lowest BCUT2D eigenvalue weighted by Crippen LogP contribution is -2.28. The summed E-state index contributed by atoms with van der Waals surface area (Å²) in [5, 5.41) is 9.55. The van der Waals surface area contributed by atoms with Gasteiger partial charge in [-0.2, -0.15) is 5.10 Å². The molecule has 0 spiro atoms. The number of rotatable bonds is 5. The normalized spacial score (nSPS) is 13.1. The number of amides is 1. The molecule has 0 aromatic carbocycles. The van der Waals surface area contributed by atoms with E-state index in [1.165, 1.54) is 10.7 Å². The van der Waals surface area contributed by atoms with Crippen LogP contribution in [0.3, 0.4) is 0 Å². The molecule has 0 saturated carbocycles. The van der Waals surface area contributed by atoms with Gasteiger partial charge >= 0.3 is 0 Å². The van der Waals surface area contributed by atoms with E-state index in [9.17, 15) is 13.6 Å². The summed E-state index contributed by atoms with van der Waals surface area (Å²) in [6.07, 6.45) is 4.15. The summed E-state index contributed by atoms with van der Waals surface area (Å²) in [5.41, 5.74) is 3.32. The molecule has 0 atom stereocenters. The fraction of sp³-hybridized carbons (Fsp3) is 0.211. The summed E-state index contributed by atoms with van der Waals surface area (Å²) < 4.78 is 31.8. The first-order chi connectivity index (χ1) is 13.6. The standard InChI is InChI=1S/C19H17F2N5O2/c1-28-15-3-6-23-18-17(15)12(2-5-22-18)11-4-7-26-14(8-11)13(9-25-26)19(27)24-10-16(20)21/h2-4,6-9,16H,5,10H2,1H3,(H,22,23)(H,24,27). The lowest BCUT2D eigenvalue weighted by molar-refractivity contribution is 0.0893. The van der Waals surface area contributed by atoms with E-state index in [4.69, 9.17) is 4.74 Å². The Hall–Kier alpha value is -3.49. The molecule has 4 rings (SSSR count). The predicted octanol–water partition coefficient (Wildman–Crippen LogP) is 2.59. The van der Waals surface area contributed by atoms with Gasteiger partial charge in [-0.25, -0.2) is 18.3 Å². The number of nitrogens with zero attached hydrogens (tertiary/aromatic N) is 3. The summed E-state index contributed by atoms with van der Waals surface area (Å²) in [7, 11) is 1.59. The van der Waals surface area contributed by atoms with Crippen molar-refractivity contribution in [2.75, 3.05) is 25.5 Å². The highest BCUT2D eigenvalue weighted by Crippen LogP contribution is 2.38. The van der Waals surface area contributed by atoms with E-state index in [-0.39, 0.29) is 5.56 Å². The van der Waals surface area contributed by atoms with Crippen molar-refractivity contribution in [3.8, 4) is 5.75 Å². The summed E-state index contributed by atoms with van der Waals surface area (Å²) >= 11 is 0. The number of nitrogens with one attached hydrogen (secondary N) is 2. The molecule has 0 unspecified atom stereocenters.